The van der Waals surface area contributed by atoms with Gasteiger partial charge in [-0.25, -0.2) is 0 Å². The molecule has 0 atom stereocenters. The molecule has 2 N–H and O–H groups in total. The molecule has 0 fully saturated rings. The van der Waals surface area contributed by atoms with Crippen molar-refractivity contribution in [1.82, 2.24) is 0 Å². The summed E-state index contributed by atoms with van der Waals surface area (Å²) in [4.78, 5) is 20.8. The molecule has 6 nitrogen and oxygen atoms in total. The topological polar surface area (TPSA) is 92.5 Å². The molecule has 0 unspecified atom stereocenters. The highest BCUT2D eigenvalue weighted by atomic mass is 16.6. The van der Waals surface area contributed by atoms with Gasteiger partial charge in [-0.3, -0.25) is 14.9 Å². The van der Waals surface area contributed by atoms with Crippen LogP contribution in [0.4, 0.5) is 11.4 Å². The van der Waals surface area contributed by atoms with Crippen molar-refractivity contribution in [1.29, 1.82) is 0 Å². The number of carbonyl (C=O) groups excluding carboxylic acids is 1. The number of anilines is 1. The molecule has 0 radical (unpaired) electrons. The van der Waals surface area contributed by atoms with Crippen LogP contribution < -0.4 is 5.32 Å². The fourth-order valence-electron chi connectivity index (χ4n) is 0.992. The van der Waals surface area contributed by atoms with Crippen LogP contribution in [0.3, 0.4) is 0 Å². The Kier molecular flexibility index (Phi) is 3.75. The van der Waals surface area contributed by atoms with Crippen molar-refractivity contribution in [3.63, 3.8) is 0 Å². The van der Waals surface area contributed by atoms with Crippen molar-refractivity contribution >= 4 is 17.3 Å². The fourth-order valence-corrected chi connectivity index (χ4v) is 0.992. The summed E-state index contributed by atoms with van der Waals surface area (Å²) in [5, 5.41) is 21.3. The van der Waals surface area contributed by atoms with Crippen LogP contribution in [0.1, 0.15) is 6.42 Å². The highest BCUT2D eigenvalue weighted by molar-refractivity contribution is 5.90. The summed E-state index contributed by atoms with van der Waals surface area (Å²) in [5.41, 5.74) is 0.439. The monoisotopic (exact) mass is 210 g/mol. The number of carbonyl (C=O) groups is 1. The van der Waals surface area contributed by atoms with Gasteiger partial charge in [-0.1, -0.05) is 0 Å². The number of non-ortho nitro benzene ring substituents is 1. The van der Waals surface area contributed by atoms with Crippen LogP contribution in [-0.4, -0.2) is 22.5 Å². The average Bonchev–Trinajstić information content (AvgIpc) is 2.18. The van der Waals surface area contributed by atoms with E-state index in [0.29, 0.717) is 5.69 Å². The first-order valence-corrected chi connectivity index (χ1v) is 4.28. The molecule has 15 heavy (non-hydrogen) atoms. The summed E-state index contributed by atoms with van der Waals surface area (Å²) >= 11 is 0. The number of nitrogens with zero attached hydrogens (tertiary/aromatic N) is 1. The van der Waals surface area contributed by atoms with Gasteiger partial charge in [-0.2, -0.15) is 0 Å². The van der Waals surface area contributed by atoms with E-state index in [1.165, 1.54) is 24.3 Å². The Morgan fingerprint density at radius 3 is 2.47 bits per heavy atom. The lowest BCUT2D eigenvalue weighted by Gasteiger charge is -2.02. The van der Waals surface area contributed by atoms with Gasteiger partial charge in [-0.05, 0) is 12.1 Å². The van der Waals surface area contributed by atoms with Crippen molar-refractivity contribution in [2.24, 2.45) is 0 Å². The number of rotatable bonds is 4. The molecule has 1 aromatic carbocycles. The highest BCUT2D eigenvalue weighted by Crippen LogP contribution is 2.15. The number of nitrogens with one attached hydrogen (secondary N) is 1. The first-order valence-electron chi connectivity index (χ1n) is 4.28. The van der Waals surface area contributed by atoms with Crippen LogP contribution in [0.2, 0.25) is 0 Å². The molecule has 0 saturated heterocycles. The zero-order valence-electron chi connectivity index (χ0n) is 7.84. The predicted octanol–water partition coefficient (Wildman–Crippen LogP) is 0.916. The van der Waals surface area contributed by atoms with Crippen molar-refractivity contribution in [2.75, 3.05) is 11.9 Å². The number of amides is 1. The third-order valence-electron chi connectivity index (χ3n) is 1.70. The smallest absolute Gasteiger partial charge is 0.269 e. The molecule has 80 valence electrons. The average molecular weight is 210 g/mol. The van der Waals surface area contributed by atoms with Crippen LogP contribution in [0.15, 0.2) is 24.3 Å². The summed E-state index contributed by atoms with van der Waals surface area (Å²) in [6, 6.07) is 5.48. The van der Waals surface area contributed by atoms with Gasteiger partial charge in [0.15, 0.2) is 0 Å². The van der Waals surface area contributed by atoms with Gasteiger partial charge >= 0.3 is 0 Å². The molecule has 1 amide bonds. The zero-order chi connectivity index (χ0) is 11.3. The minimum absolute atomic E-state index is 0.0109. The Morgan fingerprint density at radius 1 is 1.40 bits per heavy atom. The van der Waals surface area contributed by atoms with Gasteiger partial charge in [0.1, 0.15) is 0 Å². The van der Waals surface area contributed by atoms with Crippen LogP contribution in [0.25, 0.3) is 0 Å². The number of benzene rings is 1. The first kappa shape index (κ1) is 11.1. The second kappa shape index (κ2) is 5.06. The SMILES string of the molecule is O=C(CCO)Nc1ccc([N+](=O)[O-])cc1. The number of hydrogen-bond acceptors (Lipinski definition) is 4. The minimum Gasteiger partial charge on any atom is -0.396 e. The van der Waals surface area contributed by atoms with E-state index < -0.39 is 4.92 Å². The van der Waals surface area contributed by atoms with E-state index >= 15 is 0 Å². The highest BCUT2D eigenvalue weighted by Gasteiger charge is 2.05. The lowest BCUT2D eigenvalue weighted by molar-refractivity contribution is -0.384. The molecule has 0 aliphatic carbocycles. The maximum Gasteiger partial charge on any atom is 0.269 e. The van der Waals surface area contributed by atoms with Gasteiger partial charge in [0.05, 0.1) is 18.0 Å². The largest absolute Gasteiger partial charge is 0.396 e. The van der Waals surface area contributed by atoms with Gasteiger partial charge in [-0.15, -0.1) is 0 Å². The lowest BCUT2D eigenvalue weighted by atomic mass is 10.3. The number of aliphatic hydroxyl groups excluding tert-OH is 1. The van der Waals surface area contributed by atoms with E-state index in [0.717, 1.165) is 0 Å². The van der Waals surface area contributed by atoms with Crippen LogP contribution in [-0.2, 0) is 4.79 Å². The molecule has 0 heterocycles. The van der Waals surface area contributed by atoms with Gasteiger partial charge in [0.2, 0.25) is 5.91 Å². The van der Waals surface area contributed by atoms with Gasteiger partial charge < -0.3 is 10.4 Å². The molecule has 0 aromatic heterocycles. The Balaban J connectivity index is 2.64. The Hall–Kier alpha value is -1.95. The van der Waals surface area contributed by atoms with Gasteiger partial charge in [0.25, 0.3) is 5.69 Å². The molecule has 6 heteroatoms. The van der Waals surface area contributed by atoms with Crippen molar-refractivity contribution in [3.8, 4) is 0 Å². The standard InChI is InChI=1S/C9H10N2O4/c12-6-5-9(13)10-7-1-3-8(4-2-7)11(14)15/h1-4,12H,5-6H2,(H,10,13). The molecule has 0 bridgehead atoms. The second-order valence-electron chi connectivity index (χ2n) is 2.83. The predicted molar refractivity (Wildman–Crippen MR) is 53.4 cm³/mol. The fraction of sp³-hybridized carbons (Fsp3) is 0.222. The molecule has 0 aliphatic heterocycles. The zero-order valence-corrected chi connectivity index (χ0v) is 7.84. The summed E-state index contributed by atoms with van der Waals surface area (Å²) < 4.78 is 0. The summed E-state index contributed by atoms with van der Waals surface area (Å²) in [7, 11) is 0. The van der Waals surface area contributed by atoms with Crippen LogP contribution in [0.5, 0.6) is 0 Å². The van der Waals surface area contributed by atoms with E-state index in [9.17, 15) is 14.9 Å². The molecule has 0 spiro atoms. The maximum atomic E-state index is 11.0. The van der Waals surface area contributed by atoms with E-state index in [2.05, 4.69) is 5.32 Å². The van der Waals surface area contributed by atoms with Crippen molar-refractivity contribution in [3.05, 3.63) is 34.4 Å². The molecular weight excluding hydrogens is 200 g/mol. The number of aliphatic hydroxyl groups is 1. The third-order valence-corrected chi connectivity index (χ3v) is 1.70. The Labute approximate surface area is 85.7 Å². The van der Waals surface area contributed by atoms with Crippen LogP contribution in [0, 0.1) is 10.1 Å². The quantitative estimate of drug-likeness (QED) is 0.570. The van der Waals surface area contributed by atoms with Gasteiger partial charge in [0, 0.05) is 17.8 Å². The number of nitro groups is 1. The summed E-state index contributed by atoms with van der Waals surface area (Å²) in [6.07, 6.45) is 0.0109. The Bertz CT molecular complexity index is 361. The van der Waals surface area contributed by atoms with E-state index in [4.69, 9.17) is 5.11 Å². The van der Waals surface area contributed by atoms with Crippen molar-refractivity contribution in [2.45, 2.75) is 6.42 Å². The Morgan fingerprint density at radius 2 is 2.00 bits per heavy atom. The van der Waals surface area contributed by atoms with E-state index in [1.807, 2.05) is 0 Å². The lowest BCUT2D eigenvalue weighted by Crippen LogP contribution is -2.12. The number of hydrogen-bond donors (Lipinski definition) is 2. The summed E-state index contributed by atoms with van der Waals surface area (Å²) in [6.45, 7) is -0.223. The molecule has 0 aliphatic rings. The van der Waals surface area contributed by atoms with Crippen molar-refractivity contribution < 1.29 is 14.8 Å². The maximum absolute atomic E-state index is 11.0. The van der Waals surface area contributed by atoms with E-state index in [1.54, 1.807) is 0 Å². The van der Waals surface area contributed by atoms with Crippen LogP contribution >= 0.6 is 0 Å². The number of nitro benzene ring substituents is 1. The van der Waals surface area contributed by atoms with E-state index in [-0.39, 0.29) is 24.6 Å². The molecule has 0 saturated carbocycles. The third kappa shape index (κ3) is 3.35. The molecular formula is C9H10N2O4. The minimum atomic E-state index is -0.515. The summed E-state index contributed by atoms with van der Waals surface area (Å²) in [5.74, 6) is -0.327. The molecule has 1 rings (SSSR count). The normalized spacial score (nSPS) is 9.67. The first-order chi connectivity index (χ1) is 7.13. The molecule has 1 aromatic rings. The second-order valence-corrected chi connectivity index (χ2v) is 2.83.